The van der Waals surface area contributed by atoms with Gasteiger partial charge in [0, 0.05) is 12.1 Å². The van der Waals surface area contributed by atoms with E-state index in [0.29, 0.717) is 19.6 Å². The van der Waals surface area contributed by atoms with Gasteiger partial charge < -0.3 is 29.7 Å². The Bertz CT molecular complexity index is 449. The molecule has 0 radical (unpaired) electrons. The molecule has 0 spiro atoms. The van der Waals surface area contributed by atoms with Crippen molar-refractivity contribution >= 4 is 12.2 Å². The number of nitrogens with one attached hydrogen (secondary N) is 1. The third-order valence-electron chi connectivity index (χ3n) is 2.57. The lowest BCUT2D eigenvalue weighted by Gasteiger charge is -2.29. The van der Waals surface area contributed by atoms with E-state index >= 15 is 0 Å². The Morgan fingerprint density at radius 3 is 1.97 bits per heavy atom. The normalized spacial score (nSPS) is 16.3. The second kappa shape index (κ2) is 16.9. The molecule has 0 bridgehead atoms. The number of aliphatic hydroxyl groups excluding tert-OH is 1. The monoisotopic (exact) mass is 417 g/mol. The highest BCUT2D eigenvalue weighted by atomic mass is 16.6. The summed E-state index contributed by atoms with van der Waals surface area (Å²) < 4.78 is 14.8. The molecule has 1 amide bonds. The van der Waals surface area contributed by atoms with E-state index < -0.39 is 29.5 Å². The quantitative estimate of drug-likeness (QED) is 0.308. The molecule has 1 rings (SSSR count). The molecule has 1 aliphatic rings. The fourth-order valence-electron chi connectivity index (χ4n) is 1.30. The van der Waals surface area contributed by atoms with Crippen LogP contribution in [-0.4, -0.2) is 60.4 Å². The van der Waals surface area contributed by atoms with Crippen LogP contribution in [0.5, 0.6) is 0 Å². The number of carbonyl (C=O) groups is 1. The van der Waals surface area contributed by atoms with Gasteiger partial charge in [-0.2, -0.15) is 0 Å². The van der Waals surface area contributed by atoms with E-state index in [1.807, 2.05) is 27.7 Å². The molecule has 2 N–H and O–H groups in total. The Hall–Kier alpha value is -2.06. The van der Waals surface area contributed by atoms with E-state index in [9.17, 15) is 9.90 Å². The zero-order valence-corrected chi connectivity index (χ0v) is 19.2. The first-order valence-electron chi connectivity index (χ1n) is 9.49. The fourth-order valence-corrected chi connectivity index (χ4v) is 1.30. The van der Waals surface area contributed by atoms with Crippen molar-refractivity contribution in [2.75, 3.05) is 19.7 Å². The first-order chi connectivity index (χ1) is 13.3. The number of hydrogen-bond acceptors (Lipinski definition) is 7. The Morgan fingerprint density at radius 2 is 1.62 bits per heavy atom. The van der Waals surface area contributed by atoms with Crippen molar-refractivity contribution < 1.29 is 29.2 Å². The first kappa shape index (κ1) is 31.6. The minimum atomic E-state index is -0.502. The van der Waals surface area contributed by atoms with Gasteiger partial charge >= 0.3 is 6.09 Å². The Balaban J connectivity index is -0.000000398. The molecule has 2 atom stereocenters. The number of alkyl carbamates (subject to hydrolysis) is 1. The van der Waals surface area contributed by atoms with Gasteiger partial charge in [-0.1, -0.05) is 27.7 Å². The van der Waals surface area contributed by atoms with Crippen LogP contribution in [-0.2, 0) is 14.2 Å². The molecule has 0 aromatic carbocycles. The van der Waals surface area contributed by atoms with Crippen LogP contribution in [0.15, 0.2) is 31.3 Å². The number of rotatable bonds is 5. The third-order valence-corrected chi connectivity index (χ3v) is 2.57. The highest BCUT2D eigenvalue weighted by Gasteiger charge is 2.21. The van der Waals surface area contributed by atoms with Gasteiger partial charge in [-0.25, -0.2) is 4.79 Å². The average Bonchev–Trinajstić information content (AvgIpc) is 3.43. The predicted octanol–water partition coefficient (Wildman–Crippen LogP) is 2.80. The van der Waals surface area contributed by atoms with E-state index in [1.54, 1.807) is 20.8 Å². The average molecular weight is 418 g/mol. The van der Waals surface area contributed by atoms with Crippen LogP contribution in [0.3, 0.4) is 0 Å². The maximum Gasteiger partial charge on any atom is 0.407 e. The Morgan fingerprint density at radius 1 is 1.17 bits per heavy atom. The van der Waals surface area contributed by atoms with Gasteiger partial charge in [-0.05, 0) is 27.2 Å². The van der Waals surface area contributed by atoms with E-state index in [-0.39, 0.29) is 12.6 Å². The molecule has 8 nitrogen and oxygen atoms in total. The molecule has 2 unspecified atom stereocenters. The molecule has 1 aliphatic heterocycles. The zero-order chi connectivity index (χ0) is 23.7. The number of amides is 1. The largest absolute Gasteiger partial charge is 0.595 e. The van der Waals surface area contributed by atoms with Crippen molar-refractivity contribution in [1.29, 1.82) is 0 Å². The van der Waals surface area contributed by atoms with E-state index in [1.165, 1.54) is 0 Å². The van der Waals surface area contributed by atoms with E-state index in [0.717, 1.165) is 0 Å². The lowest BCUT2D eigenvalue weighted by atomic mass is 10.2. The van der Waals surface area contributed by atoms with Crippen molar-refractivity contribution in [2.45, 2.75) is 78.3 Å². The Kier molecular flexibility index (Phi) is 18.4. The molecule has 8 heteroatoms. The number of carbonyl (C=O) groups excluding carboxylic acids is 1. The summed E-state index contributed by atoms with van der Waals surface area (Å²) in [6, 6.07) is 0. The number of ether oxygens (including phenoxy) is 3. The standard InChI is InChI=1S/C9H19NO3.C8H15NO3.2C2H4/c1-5-7(11)6-10-8(12)13-9(2,3)4;1-8(2,3)12-7(10)9-4-6-5-11-6;2*1-2/h7,11H,5-6H2,1-4H3,(H,10,12);6H,4-5H2,1-3H3,(H,9,10);2*1-2H2/p-1. The second-order valence-corrected chi connectivity index (χ2v) is 7.72. The molecule has 29 heavy (non-hydrogen) atoms. The maximum absolute atomic E-state index is 11.0. The highest BCUT2D eigenvalue weighted by Crippen LogP contribution is 2.10. The highest BCUT2D eigenvalue weighted by molar-refractivity contribution is 5.67. The minimum Gasteiger partial charge on any atom is -0.595 e. The number of aliphatic hydroxyl groups is 1. The zero-order valence-electron chi connectivity index (χ0n) is 19.2. The van der Waals surface area contributed by atoms with Crippen molar-refractivity contribution in [3.8, 4) is 0 Å². The van der Waals surface area contributed by atoms with E-state index in [2.05, 4.69) is 36.6 Å². The van der Waals surface area contributed by atoms with Crippen LogP contribution in [0.1, 0.15) is 54.9 Å². The molecule has 0 saturated carbocycles. The molecule has 1 saturated heterocycles. The van der Waals surface area contributed by atoms with Crippen molar-refractivity contribution in [3.05, 3.63) is 26.3 Å². The first-order valence-corrected chi connectivity index (χ1v) is 9.49. The summed E-state index contributed by atoms with van der Waals surface area (Å²) in [6.07, 6.45) is -0.710. The van der Waals surface area contributed by atoms with Gasteiger partial charge in [-0.3, -0.25) is 4.99 Å². The van der Waals surface area contributed by atoms with Crippen LogP contribution in [0.4, 0.5) is 4.79 Å². The third kappa shape index (κ3) is 28.3. The summed E-state index contributed by atoms with van der Waals surface area (Å²) in [6.45, 7) is 26.1. The SMILES string of the molecule is C=C.C=C.CC(C)(C)OC([O-])=NCC1CO1.CCC(O)CNC(=O)OC(C)(C)C. The molecule has 1 fully saturated rings. The molecule has 0 aliphatic carbocycles. The summed E-state index contributed by atoms with van der Waals surface area (Å²) in [5.41, 5.74) is -0.938. The summed E-state index contributed by atoms with van der Waals surface area (Å²) in [5.74, 6) is 0. The minimum absolute atomic E-state index is 0.150. The molecule has 172 valence electrons. The Labute approximate surface area is 176 Å². The smallest absolute Gasteiger partial charge is 0.407 e. The molecular weight excluding hydrogens is 376 g/mol. The lowest BCUT2D eigenvalue weighted by molar-refractivity contribution is -0.260. The van der Waals surface area contributed by atoms with Crippen molar-refractivity contribution in [1.82, 2.24) is 5.32 Å². The van der Waals surface area contributed by atoms with E-state index in [4.69, 9.17) is 19.3 Å². The molecule has 0 aromatic heterocycles. The van der Waals surface area contributed by atoms with Gasteiger partial charge in [0.25, 0.3) is 0 Å². The van der Waals surface area contributed by atoms with Gasteiger partial charge in [0.1, 0.15) is 17.8 Å². The lowest BCUT2D eigenvalue weighted by Crippen LogP contribution is -2.36. The van der Waals surface area contributed by atoms with Crippen LogP contribution < -0.4 is 10.4 Å². The summed E-state index contributed by atoms with van der Waals surface area (Å²) in [4.78, 5) is 14.7. The predicted molar refractivity (Wildman–Crippen MR) is 116 cm³/mol. The number of nitrogens with zero attached hydrogens (tertiary/aromatic N) is 1. The maximum atomic E-state index is 11.0. The summed E-state index contributed by atoms with van der Waals surface area (Å²) >= 11 is 0. The second-order valence-electron chi connectivity index (χ2n) is 7.72. The van der Waals surface area contributed by atoms with Crippen LogP contribution in [0, 0.1) is 0 Å². The van der Waals surface area contributed by atoms with Gasteiger partial charge in [0.15, 0.2) is 0 Å². The summed E-state index contributed by atoms with van der Waals surface area (Å²) in [5, 5.41) is 22.6. The molecule has 0 aromatic rings. The molecule has 1 heterocycles. The fraction of sp³-hybridized carbons (Fsp3) is 0.714. The van der Waals surface area contributed by atoms with Gasteiger partial charge in [0.05, 0.1) is 19.3 Å². The topological polar surface area (TPSA) is 116 Å². The van der Waals surface area contributed by atoms with Gasteiger partial charge in [0.2, 0.25) is 0 Å². The van der Waals surface area contributed by atoms with Crippen molar-refractivity contribution in [3.63, 3.8) is 0 Å². The number of hydrogen-bond donors (Lipinski definition) is 2. The van der Waals surface area contributed by atoms with Crippen LogP contribution in [0.2, 0.25) is 0 Å². The van der Waals surface area contributed by atoms with Crippen LogP contribution in [0.25, 0.3) is 0 Å². The van der Waals surface area contributed by atoms with Crippen LogP contribution >= 0.6 is 0 Å². The summed E-state index contributed by atoms with van der Waals surface area (Å²) in [7, 11) is 0. The van der Waals surface area contributed by atoms with Gasteiger partial charge in [-0.15, -0.1) is 26.3 Å². The number of epoxide rings is 1. The molecular formula is C21H41N2O6-. The number of aliphatic imine (C=N–C) groups is 1. The van der Waals surface area contributed by atoms with Crippen molar-refractivity contribution in [2.24, 2.45) is 4.99 Å².